The van der Waals surface area contributed by atoms with Crippen LogP contribution in [0.4, 0.5) is 13.2 Å². The lowest BCUT2D eigenvalue weighted by Gasteiger charge is -2.24. The molecule has 0 spiro atoms. The minimum Gasteiger partial charge on any atom is -0.478 e. The fourth-order valence-corrected chi connectivity index (χ4v) is 4.09. The van der Waals surface area contributed by atoms with Gasteiger partial charge in [0.05, 0.1) is 16.1 Å². The summed E-state index contributed by atoms with van der Waals surface area (Å²) in [7, 11) is 0. The molecular weight excluding hydrogens is 379 g/mol. The highest BCUT2D eigenvalue weighted by Crippen LogP contribution is 2.39. The first-order chi connectivity index (χ1) is 12.7. The van der Waals surface area contributed by atoms with Crippen molar-refractivity contribution in [2.75, 3.05) is 0 Å². The summed E-state index contributed by atoms with van der Waals surface area (Å²) in [6.07, 6.45) is 1.07. The van der Waals surface area contributed by atoms with Gasteiger partial charge in [0.15, 0.2) is 0 Å². The predicted molar refractivity (Wildman–Crippen MR) is 98.2 cm³/mol. The second-order valence-electron chi connectivity index (χ2n) is 7.16. The lowest BCUT2D eigenvalue weighted by molar-refractivity contribution is -0.137. The highest BCUT2D eigenvalue weighted by atomic mass is 35.5. The number of nitrogens with zero attached hydrogens (tertiary/aromatic N) is 1. The number of carbonyl (C=O) groups is 1. The second kappa shape index (κ2) is 7.58. The predicted octanol–water partition coefficient (Wildman–Crippen LogP) is 6.41. The Morgan fingerprint density at radius 1 is 1.22 bits per heavy atom. The number of hydrogen-bond donors (Lipinski definition) is 1. The number of alkyl halides is 3. The SMILES string of the molecule is Cc1ccc(-c2cc(C(F)(F)F)cc(C(=O)O)c2Cl)n1CC1CCCCC1. The Morgan fingerprint density at radius 3 is 2.48 bits per heavy atom. The largest absolute Gasteiger partial charge is 0.478 e. The number of rotatable bonds is 4. The quantitative estimate of drug-likeness (QED) is 0.645. The van der Waals surface area contributed by atoms with Gasteiger partial charge in [-0.05, 0) is 49.9 Å². The first-order valence-electron chi connectivity index (χ1n) is 8.99. The molecule has 0 atom stereocenters. The minimum atomic E-state index is -4.65. The standard InChI is InChI=1S/C20H21ClF3NO2/c1-12-7-8-17(25(12)11-13-5-3-2-4-6-13)15-9-14(20(22,23)24)10-16(18(15)21)19(26)27/h7-10,13H,2-6,11H2,1H3,(H,26,27). The molecule has 1 saturated carbocycles. The van der Waals surface area contributed by atoms with Crippen molar-refractivity contribution in [1.82, 2.24) is 4.57 Å². The first kappa shape index (κ1) is 19.8. The van der Waals surface area contributed by atoms with Crippen LogP contribution in [0, 0.1) is 12.8 Å². The number of halogens is 4. The van der Waals surface area contributed by atoms with Crippen LogP contribution in [0.3, 0.4) is 0 Å². The number of carboxylic acids is 1. The van der Waals surface area contributed by atoms with Gasteiger partial charge >= 0.3 is 12.1 Å². The fraction of sp³-hybridized carbons (Fsp3) is 0.450. The molecule has 0 aliphatic heterocycles. The summed E-state index contributed by atoms with van der Waals surface area (Å²) < 4.78 is 41.8. The highest BCUT2D eigenvalue weighted by Gasteiger charge is 2.33. The number of aryl methyl sites for hydroxylation is 1. The molecule has 1 N–H and O–H groups in total. The van der Waals surface area contributed by atoms with Gasteiger partial charge in [0, 0.05) is 23.5 Å². The number of carboxylic acid groups (broad SMARTS) is 1. The Labute approximate surface area is 160 Å². The zero-order valence-electron chi connectivity index (χ0n) is 14.9. The lowest BCUT2D eigenvalue weighted by Crippen LogP contribution is -2.16. The van der Waals surface area contributed by atoms with Crippen LogP contribution in [0.1, 0.15) is 53.7 Å². The molecular formula is C20H21ClF3NO2. The molecule has 1 aliphatic rings. The molecule has 146 valence electrons. The van der Waals surface area contributed by atoms with E-state index in [4.69, 9.17) is 11.6 Å². The van der Waals surface area contributed by atoms with E-state index in [1.165, 1.54) is 6.42 Å². The maximum atomic E-state index is 13.3. The van der Waals surface area contributed by atoms with Crippen molar-refractivity contribution in [1.29, 1.82) is 0 Å². The van der Waals surface area contributed by atoms with Crippen molar-refractivity contribution in [2.45, 2.75) is 51.7 Å². The van der Waals surface area contributed by atoms with Crippen LogP contribution >= 0.6 is 11.6 Å². The topological polar surface area (TPSA) is 42.2 Å². The van der Waals surface area contributed by atoms with Crippen LogP contribution in [0.2, 0.25) is 5.02 Å². The van der Waals surface area contributed by atoms with Crippen molar-refractivity contribution < 1.29 is 23.1 Å². The number of aromatic nitrogens is 1. The van der Waals surface area contributed by atoms with Gasteiger partial charge in [-0.15, -0.1) is 0 Å². The molecule has 0 radical (unpaired) electrons. The van der Waals surface area contributed by atoms with Gasteiger partial charge in [0.2, 0.25) is 0 Å². The van der Waals surface area contributed by atoms with Crippen LogP contribution in [0.15, 0.2) is 24.3 Å². The maximum Gasteiger partial charge on any atom is 0.416 e. The zero-order valence-corrected chi connectivity index (χ0v) is 15.7. The Morgan fingerprint density at radius 2 is 1.89 bits per heavy atom. The van der Waals surface area contributed by atoms with E-state index < -0.39 is 23.3 Å². The van der Waals surface area contributed by atoms with E-state index >= 15 is 0 Å². The molecule has 1 fully saturated rings. The average Bonchev–Trinajstić information content (AvgIpc) is 2.95. The smallest absolute Gasteiger partial charge is 0.416 e. The second-order valence-corrected chi connectivity index (χ2v) is 7.54. The molecule has 0 saturated heterocycles. The summed E-state index contributed by atoms with van der Waals surface area (Å²) in [4.78, 5) is 11.4. The molecule has 3 nitrogen and oxygen atoms in total. The Balaban J connectivity index is 2.10. The minimum absolute atomic E-state index is 0.104. The number of aromatic carboxylic acids is 1. The molecule has 7 heteroatoms. The fourth-order valence-electron chi connectivity index (χ4n) is 3.81. The summed E-state index contributed by atoms with van der Waals surface area (Å²) in [6, 6.07) is 5.08. The molecule has 3 rings (SSSR count). The molecule has 1 aliphatic carbocycles. The molecule has 1 heterocycles. The summed E-state index contributed by atoms with van der Waals surface area (Å²) >= 11 is 6.22. The summed E-state index contributed by atoms with van der Waals surface area (Å²) in [5, 5.41) is 9.14. The van der Waals surface area contributed by atoms with Gasteiger partial charge in [0.1, 0.15) is 0 Å². The van der Waals surface area contributed by atoms with Gasteiger partial charge in [0.25, 0.3) is 0 Å². The highest BCUT2D eigenvalue weighted by molar-refractivity contribution is 6.36. The van der Waals surface area contributed by atoms with E-state index in [9.17, 15) is 23.1 Å². The van der Waals surface area contributed by atoms with Crippen molar-refractivity contribution in [3.8, 4) is 11.3 Å². The zero-order chi connectivity index (χ0) is 19.8. The van der Waals surface area contributed by atoms with E-state index in [2.05, 4.69) is 0 Å². The lowest BCUT2D eigenvalue weighted by atomic mass is 9.89. The third kappa shape index (κ3) is 4.15. The Kier molecular flexibility index (Phi) is 5.56. The van der Waals surface area contributed by atoms with Crippen LogP contribution in [0.5, 0.6) is 0 Å². The number of benzene rings is 1. The van der Waals surface area contributed by atoms with Crippen LogP contribution in [-0.4, -0.2) is 15.6 Å². The number of hydrogen-bond acceptors (Lipinski definition) is 1. The molecule has 1 aromatic carbocycles. The summed E-state index contributed by atoms with van der Waals surface area (Å²) in [6.45, 7) is 2.59. The van der Waals surface area contributed by atoms with Crippen molar-refractivity contribution in [2.24, 2.45) is 5.92 Å². The molecule has 0 unspecified atom stereocenters. The van der Waals surface area contributed by atoms with Crippen molar-refractivity contribution in [3.63, 3.8) is 0 Å². The summed E-state index contributed by atoms with van der Waals surface area (Å²) in [5.41, 5.74) is -0.00247. The monoisotopic (exact) mass is 399 g/mol. The third-order valence-electron chi connectivity index (χ3n) is 5.27. The van der Waals surface area contributed by atoms with Gasteiger partial charge in [-0.1, -0.05) is 30.9 Å². The van der Waals surface area contributed by atoms with Crippen LogP contribution < -0.4 is 0 Å². The van der Waals surface area contributed by atoms with E-state index in [1.54, 1.807) is 6.07 Å². The van der Waals surface area contributed by atoms with Crippen LogP contribution in [-0.2, 0) is 12.7 Å². The van der Waals surface area contributed by atoms with Gasteiger partial charge in [-0.3, -0.25) is 0 Å². The molecule has 1 aromatic heterocycles. The first-order valence-corrected chi connectivity index (χ1v) is 9.37. The Hall–Kier alpha value is -1.95. The Bertz CT molecular complexity index is 852. The van der Waals surface area contributed by atoms with Gasteiger partial charge in [-0.2, -0.15) is 13.2 Å². The normalized spacial score (nSPS) is 15.9. The average molecular weight is 400 g/mol. The van der Waals surface area contributed by atoms with Crippen molar-refractivity contribution in [3.05, 3.63) is 46.1 Å². The van der Waals surface area contributed by atoms with E-state index in [-0.39, 0.29) is 10.6 Å². The maximum absolute atomic E-state index is 13.3. The van der Waals surface area contributed by atoms with Crippen molar-refractivity contribution >= 4 is 17.6 Å². The summed E-state index contributed by atoms with van der Waals surface area (Å²) in [5.74, 6) is -1.01. The molecule has 27 heavy (non-hydrogen) atoms. The van der Waals surface area contributed by atoms with E-state index in [0.717, 1.165) is 37.4 Å². The van der Waals surface area contributed by atoms with Crippen LogP contribution in [0.25, 0.3) is 11.3 Å². The molecule has 0 bridgehead atoms. The molecule has 2 aromatic rings. The third-order valence-corrected chi connectivity index (χ3v) is 5.68. The molecule has 0 amide bonds. The van der Waals surface area contributed by atoms with E-state index in [1.807, 2.05) is 17.6 Å². The van der Waals surface area contributed by atoms with Gasteiger partial charge < -0.3 is 9.67 Å². The van der Waals surface area contributed by atoms with E-state index in [0.29, 0.717) is 24.2 Å². The van der Waals surface area contributed by atoms with Gasteiger partial charge in [-0.25, -0.2) is 4.79 Å².